The lowest BCUT2D eigenvalue weighted by atomic mass is 10.1. The second-order valence-electron chi connectivity index (χ2n) is 4.55. The summed E-state index contributed by atoms with van der Waals surface area (Å²) < 4.78 is 0.758. The van der Waals surface area contributed by atoms with Crippen LogP contribution in [0.4, 0.5) is 11.4 Å². The third-order valence-corrected chi connectivity index (χ3v) is 3.62. The van der Waals surface area contributed by atoms with Crippen molar-refractivity contribution >= 4 is 33.2 Å². The van der Waals surface area contributed by atoms with Crippen LogP contribution in [0.15, 0.2) is 40.9 Å². The van der Waals surface area contributed by atoms with Crippen LogP contribution in [-0.4, -0.2) is 18.1 Å². The summed E-state index contributed by atoms with van der Waals surface area (Å²) in [5.74, 6) is -0.0614. The molecule has 0 unspecified atom stereocenters. The predicted octanol–water partition coefficient (Wildman–Crippen LogP) is 3.32. The van der Waals surface area contributed by atoms with Crippen molar-refractivity contribution in [1.29, 1.82) is 0 Å². The lowest BCUT2D eigenvalue weighted by Crippen LogP contribution is -2.27. The molecule has 2 aromatic carbocycles. The van der Waals surface area contributed by atoms with Gasteiger partial charge in [0.15, 0.2) is 0 Å². The van der Waals surface area contributed by atoms with Crippen LogP contribution in [0.1, 0.15) is 15.9 Å². The van der Waals surface area contributed by atoms with Gasteiger partial charge in [0.25, 0.3) is 5.91 Å². The van der Waals surface area contributed by atoms with E-state index in [0.717, 1.165) is 10.0 Å². The summed E-state index contributed by atoms with van der Waals surface area (Å²) in [5.41, 5.74) is 8.33. The second-order valence-corrected chi connectivity index (χ2v) is 5.47. The monoisotopic (exact) mass is 334 g/mol. The summed E-state index contributed by atoms with van der Waals surface area (Å²) >= 11 is 3.34. The van der Waals surface area contributed by atoms with Crippen LogP contribution >= 0.6 is 15.9 Å². The molecular weight excluding hydrogens is 320 g/mol. The first kappa shape index (κ1) is 14.4. The van der Waals surface area contributed by atoms with Crippen molar-refractivity contribution in [3.8, 4) is 5.75 Å². The Morgan fingerprint density at radius 1 is 1.30 bits per heavy atom. The Hall–Kier alpha value is -2.01. The summed E-state index contributed by atoms with van der Waals surface area (Å²) in [5, 5.41) is 9.49. The number of phenolic OH excluding ortho intramolecular Hbond substituents is 1. The Morgan fingerprint density at radius 3 is 2.65 bits per heavy atom. The van der Waals surface area contributed by atoms with Gasteiger partial charge in [-0.05, 0) is 36.8 Å². The third kappa shape index (κ3) is 2.77. The van der Waals surface area contributed by atoms with E-state index in [1.807, 2.05) is 6.92 Å². The molecule has 20 heavy (non-hydrogen) atoms. The Morgan fingerprint density at radius 2 is 2.00 bits per heavy atom. The van der Waals surface area contributed by atoms with Gasteiger partial charge in [-0.15, -0.1) is 0 Å². The number of hydrogen-bond acceptors (Lipinski definition) is 3. The van der Waals surface area contributed by atoms with E-state index in [4.69, 9.17) is 5.73 Å². The summed E-state index contributed by atoms with van der Waals surface area (Å²) in [6.07, 6.45) is 0. The molecule has 0 atom stereocenters. The Kier molecular flexibility index (Phi) is 3.99. The highest BCUT2D eigenvalue weighted by Crippen LogP contribution is 2.26. The van der Waals surface area contributed by atoms with Crippen LogP contribution in [0.25, 0.3) is 0 Å². The topological polar surface area (TPSA) is 66.6 Å². The largest absolute Gasteiger partial charge is 0.508 e. The third-order valence-electron chi connectivity index (χ3n) is 3.16. The SMILES string of the molecule is Cc1c(N)cc(Br)cc1C(=O)N(C)c1cccc(O)c1. The van der Waals surface area contributed by atoms with E-state index in [-0.39, 0.29) is 11.7 Å². The molecule has 0 aromatic heterocycles. The molecule has 4 nitrogen and oxygen atoms in total. The number of carbonyl (C=O) groups excluding carboxylic acids is 1. The van der Waals surface area contributed by atoms with E-state index in [2.05, 4.69) is 15.9 Å². The number of amides is 1. The maximum Gasteiger partial charge on any atom is 0.258 e. The van der Waals surface area contributed by atoms with E-state index in [9.17, 15) is 9.90 Å². The van der Waals surface area contributed by atoms with E-state index in [1.165, 1.54) is 11.0 Å². The van der Waals surface area contributed by atoms with Gasteiger partial charge in [0.2, 0.25) is 0 Å². The van der Waals surface area contributed by atoms with Crippen molar-refractivity contribution in [2.24, 2.45) is 0 Å². The molecule has 2 rings (SSSR count). The highest BCUT2D eigenvalue weighted by molar-refractivity contribution is 9.10. The molecule has 0 radical (unpaired) electrons. The minimum Gasteiger partial charge on any atom is -0.508 e. The number of aromatic hydroxyl groups is 1. The maximum atomic E-state index is 12.5. The highest BCUT2D eigenvalue weighted by Gasteiger charge is 2.17. The van der Waals surface area contributed by atoms with Gasteiger partial charge in [-0.25, -0.2) is 0 Å². The molecule has 2 aromatic rings. The van der Waals surface area contributed by atoms with Crippen molar-refractivity contribution < 1.29 is 9.90 Å². The van der Waals surface area contributed by atoms with Crippen LogP contribution in [0.3, 0.4) is 0 Å². The van der Waals surface area contributed by atoms with E-state index in [1.54, 1.807) is 37.4 Å². The molecule has 0 bridgehead atoms. The fourth-order valence-electron chi connectivity index (χ4n) is 1.92. The molecule has 0 saturated carbocycles. The van der Waals surface area contributed by atoms with Gasteiger partial charge in [0, 0.05) is 34.5 Å². The first-order valence-electron chi connectivity index (χ1n) is 6.03. The molecule has 104 valence electrons. The first-order chi connectivity index (χ1) is 9.40. The Bertz CT molecular complexity index is 671. The van der Waals surface area contributed by atoms with Gasteiger partial charge >= 0.3 is 0 Å². The van der Waals surface area contributed by atoms with Crippen LogP contribution in [-0.2, 0) is 0 Å². The predicted molar refractivity (Wildman–Crippen MR) is 84.1 cm³/mol. The Balaban J connectivity index is 2.41. The zero-order valence-corrected chi connectivity index (χ0v) is 12.8. The number of halogens is 1. The number of rotatable bonds is 2. The van der Waals surface area contributed by atoms with Gasteiger partial charge in [-0.2, -0.15) is 0 Å². The van der Waals surface area contributed by atoms with Gasteiger partial charge < -0.3 is 15.7 Å². The molecule has 5 heteroatoms. The number of nitrogen functional groups attached to an aromatic ring is 1. The van der Waals surface area contributed by atoms with Crippen LogP contribution in [0, 0.1) is 6.92 Å². The first-order valence-corrected chi connectivity index (χ1v) is 6.82. The molecule has 0 heterocycles. The lowest BCUT2D eigenvalue weighted by molar-refractivity contribution is 0.0992. The van der Waals surface area contributed by atoms with Gasteiger partial charge in [0.1, 0.15) is 5.75 Å². The number of phenols is 1. The number of hydrogen-bond donors (Lipinski definition) is 2. The fraction of sp³-hybridized carbons (Fsp3) is 0.133. The number of anilines is 2. The van der Waals surface area contributed by atoms with Crippen molar-refractivity contribution in [1.82, 2.24) is 0 Å². The van der Waals surface area contributed by atoms with Crippen LogP contribution < -0.4 is 10.6 Å². The maximum absolute atomic E-state index is 12.5. The van der Waals surface area contributed by atoms with E-state index in [0.29, 0.717) is 16.9 Å². The molecule has 0 spiro atoms. The van der Waals surface area contributed by atoms with Crippen LogP contribution in [0.5, 0.6) is 5.75 Å². The quantitative estimate of drug-likeness (QED) is 0.828. The molecule has 0 aliphatic rings. The van der Waals surface area contributed by atoms with Gasteiger partial charge in [-0.3, -0.25) is 4.79 Å². The van der Waals surface area contributed by atoms with Crippen LogP contribution in [0.2, 0.25) is 0 Å². The summed E-state index contributed by atoms with van der Waals surface area (Å²) in [7, 11) is 1.66. The number of carbonyl (C=O) groups is 1. The number of nitrogens with zero attached hydrogens (tertiary/aromatic N) is 1. The molecule has 0 aliphatic carbocycles. The molecule has 0 saturated heterocycles. The van der Waals surface area contributed by atoms with Gasteiger partial charge in [0.05, 0.1) is 0 Å². The summed E-state index contributed by atoms with van der Waals surface area (Å²) in [4.78, 5) is 14.0. The molecule has 3 N–H and O–H groups in total. The summed E-state index contributed by atoms with van der Waals surface area (Å²) in [6, 6.07) is 10.1. The zero-order valence-electron chi connectivity index (χ0n) is 11.2. The Labute approximate surface area is 126 Å². The lowest BCUT2D eigenvalue weighted by Gasteiger charge is -2.19. The van der Waals surface area contributed by atoms with Crippen molar-refractivity contribution in [2.45, 2.75) is 6.92 Å². The average Bonchev–Trinajstić information content (AvgIpc) is 2.41. The summed E-state index contributed by atoms with van der Waals surface area (Å²) in [6.45, 7) is 1.81. The standard InChI is InChI=1S/C15H15BrN2O2/c1-9-13(6-10(16)7-14(9)17)15(20)18(2)11-4-3-5-12(19)8-11/h3-8,19H,17H2,1-2H3. The normalized spacial score (nSPS) is 10.3. The molecule has 0 aliphatic heterocycles. The smallest absolute Gasteiger partial charge is 0.258 e. The minimum absolute atomic E-state index is 0.118. The van der Waals surface area contributed by atoms with Gasteiger partial charge in [-0.1, -0.05) is 22.0 Å². The zero-order chi connectivity index (χ0) is 14.9. The highest BCUT2D eigenvalue weighted by atomic mass is 79.9. The molecule has 1 amide bonds. The number of benzene rings is 2. The average molecular weight is 335 g/mol. The second kappa shape index (κ2) is 5.54. The molecule has 0 fully saturated rings. The van der Waals surface area contributed by atoms with Crippen molar-refractivity contribution in [2.75, 3.05) is 17.7 Å². The number of nitrogens with two attached hydrogens (primary N) is 1. The molecular formula is C15H15BrN2O2. The van der Waals surface area contributed by atoms with Crippen molar-refractivity contribution in [3.05, 3.63) is 52.0 Å². The van der Waals surface area contributed by atoms with Crippen molar-refractivity contribution in [3.63, 3.8) is 0 Å². The minimum atomic E-state index is -0.180. The van der Waals surface area contributed by atoms with E-state index >= 15 is 0 Å². The fourth-order valence-corrected chi connectivity index (χ4v) is 2.40. The van der Waals surface area contributed by atoms with E-state index < -0.39 is 0 Å².